The van der Waals surface area contributed by atoms with Crippen molar-refractivity contribution in [1.82, 2.24) is 14.8 Å². The molecular formula is C7H13N3O. The smallest absolute Gasteiger partial charge is 0.141 e. The zero-order chi connectivity index (χ0) is 8.10. The van der Waals surface area contributed by atoms with Crippen LogP contribution in [0.15, 0.2) is 12.7 Å². The molecule has 1 rings (SSSR count). The topological polar surface area (TPSA) is 39.9 Å². The number of aromatic nitrogens is 3. The van der Waals surface area contributed by atoms with Crippen molar-refractivity contribution in [3.05, 3.63) is 12.7 Å². The van der Waals surface area contributed by atoms with Gasteiger partial charge >= 0.3 is 0 Å². The zero-order valence-electron chi connectivity index (χ0n) is 6.90. The molecule has 0 saturated carbocycles. The van der Waals surface area contributed by atoms with Crippen LogP contribution < -0.4 is 0 Å². The van der Waals surface area contributed by atoms with Crippen LogP contribution in [-0.4, -0.2) is 20.9 Å². The van der Waals surface area contributed by atoms with E-state index in [-0.39, 0.29) is 0 Å². The van der Waals surface area contributed by atoms with Crippen LogP contribution in [0, 0.1) is 0 Å². The normalized spacial score (nSPS) is 13.3. The summed E-state index contributed by atoms with van der Waals surface area (Å²) in [6.07, 6.45) is 4.45. The minimum absolute atomic E-state index is 0.291. The van der Waals surface area contributed by atoms with Crippen molar-refractivity contribution < 1.29 is 4.74 Å². The monoisotopic (exact) mass is 155 g/mol. The fourth-order valence-corrected chi connectivity index (χ4v) is 0.621. The van der Waals surface area contributed by atoms with Crippen molar-refractivity contribution >= 4 is 0 Å². The van der Waals surface area contributed by atoms with Gasteiger partial charge in [-0.25, -0.2) is 9.67 Å². The summed E-state index contributed by atoms with van der Waals surface area (Å²) in [6.45, 7) is 4.62. The Morgan fingerprint density at radius 2 is 2.45 bits per heavy atom. The number of nitrogens with zero attached hydrogens (tertiary/aromatic N) is 3. The fourth-order valence-electron chi connectivity index (χ4n) is 0.621. The molecule has 4 nitrogen and oxygen atoms in total. The molecule has 0 radical (unpaired) electrons. The summed E-state index contributed by atoms with van der Waals surface area (Å²) in [5.74, 6) is 0. The summed E-state index contributed by atoms with van der Waals surface area (Å²) in [5, 5.41) is 3.90. The highest BCUT2D eigenvalue weighted by atomic mass is 16.5. The SMILES string of the molecule is CCC(C)OCn1cncn1. The first-order valence-electron chi connectivity index (χ1n) is 3.77. The average Bonchev–Trinajstić information content (AvgIpc) is 2.52. The molecule has 0 aliphatic rings. The Morgan fingerprint density at radius 1 is 1.64 bits per heavy atom. The highest BCUT2D eigenvalue weighted by molar-refractivity contribution is 4.53. The van der Waals surface area contributed by atoms with Crippen molar-refractivity contribution in [1.29, 1.82) is 0 Å². The average molecular weight is 155 g/mol. The van der Waals surface area contributed by atoms with Crippen molar-refractivity contribution in [3.8, 4) is 0 Å². The molecule has 62 valence electrons. The molecule has 0 aliphatic heterocycles. The predicted octanol–water partition coefficient (Wildman–Crippen LogP) is 1.05. The molecule has 1 aromatic rings. The summed E-state index contributed by atoms with van der Waals surface area (Å²) in [4.78, 5) is 3.80. The minimum Gasteiger partial charge on any atom is -0.356 e. The van der Waals surface area contributed by atoms with Gasteiger partial charge in [0.2, 0.25) is 0 Å². The molecule has 0 fully saturated rings. The van der Waals surface area contributed by atoms with Gasteiger partial charge in [-0.15, -0.1) is 0 Å². The van der Waals surface area contributed by atoms with E-state index < -0.39 is 0 Å². The van der Waals surface area contributed by atoms with Gasteiger partial charge in [0.15, 0.2) is 0 Å². The second-order valence-corrected chi connectivity index (χ2v) is 2.45. The summed E-state index contributed by atoms with van der Waals surface area (Å²) in [6, 6.07) is 0. The molecule has 11 heavy (non-hydrogen) atoms. The largest absolute Gasteiger partial charge is 0.356 e. The Hall–Kier alpha value is -0.900. The van der Waals surface area contributed by atoms with Crippen LogP contribution >= 0.6 is 0 Å². The summed E-state index contributed by atoms with van der Waals surface area (Å²) < 4.78 is 7.05. The lowest BCUT2D eigenvalue weighted by Crippen LogP contribution is -2.10. The molecular weight excluding hydrogens is 142 g/mol. The molecule has 1 heterocycles. The Labute approximate surface area is 66.2 Å². The number of hydrogen-bond acceptors (Lipinski definition) is 3. The third-order valence-electron chi connectivity index (χ3n) is 1.53. The van der Waals surface area contributed by atoms with E-state index in [4.69, 9.17) is 4.74 Å². The second-order valence-electron chi connectivity index (χ2n) is 2.45. The number of rotatable bonds is 4. The Bertz CT molecular complexity index is 186. The molecule has 0 spiro atoms. The molecule has 0 saturated heterocycles. The predicted molar refractivity (Wildman–Crippen MR) is 40.9 cm³/mol. The van der Waals surface area contributed by atoms with E-state index in [1.165, 1.54) is 6.33 Å². The van der Waals surface area contributed by atoms with Gasteiger partial charge in [-0.2, -0.15) is 5.10 Å². The molecule has 0 amide bonds. The lowest BCUT2D eigenvalue weighted by molar-refractivity contribution is 0.00970. The van der Waals surface area contributed by atoms with E-state index in [0.29, 0.717) is 12.8 Å². The first kappa shape index (κ1) is 8.20. The van der Waals surface area contributed by atoms with Crippen LogP contribution in [0.1, 0.15) is 20.3 Å². The van der Waals surface area contributed by atoms with Gasteiger partial charge in [0.05, 0.1) is 6.10 Å². The molecule has 1 aromatic heterocycles. The number of ether oxygens (including phenoxy) is 1. The highest BCUT2D eigenvalue weighted by Crippen LogP contribution is 1.96. The van der Waals surface area contributed by atoms with Gasteiger partial charge in [-0.05, 0) is 13.3 Å². The van der Waals surface area contributed by atoms with E-state index >= 15 is 0 Å². The fraction of sp³-hybridized carbons (Fsp3) is 0.714. The van der Waals surface area contributed by atoms with Crippen molar-refractivity contribution in [2.75, 3.05) is 0 Å². The maximum atomic E-state index is 5.40. The van der Waals surface area contributed by atoms with E-state index in [2.05, 4.69) is 17.0 Å². The molecule has 0 N–H and O–H groups in total. The second kappa shape index (κ2) is 4.08. The van der Waals surface area contributed by atoms with Gasteiger partial charge in [0, 0.05) is 0 Å². The van der Waals surface area contributed by atoms with Crippen molar-refractivity contribution in [3.63, 3.8) is 0 Å². The van der Waals surface area contributed by atoms with Crippen LogP contribution in [0.4, 0.5) is 0 Å². The maximum absolute atomic E-state index is 5.40. The van der Waals surface area contributed by atoms with E-state index in [1.54, 1.807) is 11.0 Å². The summed E-state index contributed by atoms with van der Waals surface area (Å²) in [7, 11) is 0. The molecule has 4 heteroatoms. The number of hydrogen-bond donors (Lipinski definition) is 0. The van der Waals surface area contributed by atoms with Gasteiger partial charge < -0.3 is 4.74 Å². The quantitative estimate of drug-likeness (QED) is 0.652. The van der Waals surface area contributed by atoms with Crippen LogP contribution in [-0.2, 0) is 11.5 Å². The van der Waals surface area contributed by atoms with Crippen LogP contribution in [0.25, 0.3) is 0 Å². The minimum atomic E-state index is 0.291. The molecule has 0 aliphatic carbocycles. The third kappa shape index (κ3) is 2.67. The van der Waals surface area contributed by atoms with E-state index in [9.17, 15) is 0 Å². The first-order chi connectivity index (χ1) is 5.33. The molecule has 0 bridgehead atoms. The molecule has 1 unspecified atom stereocenters. The molecule has 0 aromatic carbocycles. The van der Waals surface area contributed by atoms with Crippen LogP contribution in [0.5, 0.6) is 0 Å². The Morgan fingerprint density at radius 3 is 3.00 bits per heavy atom. The Balaban J connectivity index is 2.23. The maximum Gasteiger partial charge on any atom is 0.141 e. The van der Waals surface area contributed by atoms with Crippen LogP contribution in [0.3, 0.4) is 0 Å². The van der Waals surface area contributed by atoms with Crippen molar-refractivity contribution in [2.45, 2.75) is 33.1 Å². The summed E-state index contributed by atoms with van der Waals surface area (Å²) in [5.41, 5.74) is 0. The van der Waals surface area contributed by atoms with Crippen molar-refractivity contribution in [2.24, 2.45) is 0 Å². The van der Waals surface area contributed by atoms with Gasteiger partial charge in [-0.1, -0.05) is 6.92 Å². The lowest BCUT2D eigenvalue weighted by atomic mass is 10.3. The first-order valence-corrected chi connectivity index (χ1v) is 3.77. The Kier molecular flexibility index (Phi) is 3.04. The lowest BCUT2D eigenvalue weighted by Gasteiger charge is -2.09. The summed E-state index contributed by atoms with van der Waals surface area (Å²) >= 11 is 0. The van der Waals surface area contributed by atoms with Gasteiger partial charge in [0.1, 0.15) is 19.4 Å². The van der Waals surface area contributed by atoms with Gasteiger partial charge in [-0.3, -0.25) is 0 Å². The van der Waals surface area contributed by atoms with E-state index in [1.807, 2.05) is 6.92 Å². The van der Waals surface area contributed by atoms with Crippen LogP contribution in [0.2, 0.25) is 0 Å². The molecule has 1 atom stereocenters. The third-order valence-corrected chi connectivity index (χ3v) is 1.53. The van der Waals surface area contributed by atoms with Gasteiger partial charge in [0.25, 0.3) is 0 Å². The standard InChI is InChI=1S/C7H13N3O/c1-3-7(2)11-6-10-5-8-4-9-10/h4-5,7H,3,6H2,1-2H3. The zero-order valence-corrected chi connectivity index (χ0v) is 6.90. The van der Waals surface area contributed by atoms with E-state index in [0.717, 1.165) is 6.42 Å². The highest BCUT2D eigenvalue weighted by Gasteiger charge is 1.97.